The van der Waals surface area contributed by atoms with Crippen molar-refractivity contribution in [2.24, 2.45) is 11.0 Å². The minimum atomic E-state index is -0.140. The fourth-order valence-corrected chi connectivity index (χ4v) is 4.41. The Labute approximate surface area is 183 Å². The van der Waals surface area contributed by atoms with Gasteiger partial charge in [0.2, 0.25) is 0 Å². The van der Waals surface area contributed by atoms with Crippen LogP contribution in [0.4, 0.5) is 0 Å². The second kappa shape index (κ2) is 9.19. The summed E-state index contributed by atoms with van der Waals surface area (Å²) in [7, 11) is 1.65. The number of amides is 1. The van der Waals surface area contributed by atoms with Crippen LogP contribution in [0.25, 0.3) is 0 Å². The molecule has 0 saturated carbocycles. The van der Waals surface area contributed by atoms with Crippen LogP contribution in [0, 0.1) is 5.92 Å². The smallest absolute Gasteiger partial charge is 0.257 e. The first kappa shape index (κ1) is 20.9. The molecule has 2 heterocycles. The molecule has 0 radical (unpaired) electrons. The summed E-state index contributed by atoms with van der Waals surface area (Å²) >= 11 is 6.43. The molecule has 5 nitrogen and oxygen atoms in total. The van der Waals surface area contributed by atoms with E-state index in [-0.39, 0.29) is 11.9 Å². The van der Waals surface area contributed by atoms with Crippen LogP contribution in [0.5, 0.6) is 5.75 Å². The highest BCUT2D eigenvalue weighted by molar-refractivity contribution is 6.34. The van der Waals surface area contributed by atoms with Gasteiger partial charge in [0.1, 0.15) is 5.75 Å². The van der Waals surface area contributed by atoms with Crippen LogP contribution in [0.3, 0.4) is 0 Å². The number of rotatable bonds is 5. The summed E-state index contributed by atoms with van der Waals surface area (Å²) in [6.45, 7) is 4.61. The first-order chi connectivity index (χ1) is 14.5. The van der Waals surface area contributed by atoms with Gasteiger partial charge in [0.25, 0.3) is 5.91 Å². The van der Waals surface area contributed by atoms with Gasteiger partial charge in [-0.05, 0) is 55.6 Å². The van der Waals surface area contributed by atoms with E-state index in [0.717, 1.165) is 54.4 Å². The Balaban J connectivity index is 1.59. The zero-order valence-electron chi connectivity index (χ0n) is 17.6. The van der Waals surface area contributed by atoms with Gasteiger partial charge in [-0.2, -0.15) is 5.10 Å². The lowest BCUT2D eigenvalue weighted by atomic mass is 9.98. The fourth-order valence-electron chi connectivity index (χ4n) is 4.17. The third-order valence-electron chi connectivity index (χ3n) is 6.09. The second-order valence-corrected chi connectivity index (χ2v) is 8.62. The summed E-state index contributed by atoms with van der Waals surface area (Å²) in [6, 6.07) is 15.4. The molecule has 0 bridgehead atoms. The van der Waals surface area contributed by atoms with Crippen molar-refractivity contribution < 1.29 is 9.53 Å². The van der Waals surface area contributed by atoms with E-state index in [1.165, 1.54) is 0 Å². The van der Waals surface area contributed by atoms with Gasteiger partial charge in [-0.3, -0.25) is 9.69 Å². The normalized spacial score (nSPS) is 20.3. The molecule has 1 amide bonds. The van der Waals surface area contributed by atoms with Crippen molar-refractivity contribution in [3.63, 3.8) is 0 Å². The molecule has 0 N–H and O–H groups in total. The molecule has 2 aliphatic rings. The largest absolute Gasteiger partial charge is 0.497 e. The molecule has 2 aromatic rings. The number of carbonyl (C=O) groups excluding carboxylic acids is 1. The third-order valence-corrected chi connectivity index (χ3v) is 6.42. The molecule has 158 valence electrons. The standard InChI is InChI=1S/C24H28ClN3O2/c1-17-11-13-27(14-12-17)16-24(29)28-23(18-7-9-19(30-2)10-8-18)15-22(26-28)20-5-3-4-6-21(20)25/h3-10,17,23H,11-16H2,1-2H3/t23-/m1/s1. The predicted molar refractivity (Wildman–Crippen MR) is 120 cm³/mol. The molecule has 4 rings (SSSR count). The summed E-state index contributed by atoms with van der Waals surface area (Å²) in [6.07, 6.45) is 2.92. The SMILES string of the molecule is COc1ccc([C@H]2CC(c3ccccc3Cl)=NN2C(=O)CN2CCC(C)CC2)cc1. The van der Waals surface area contributed by atoms with Crippen LogP contribution in [-0.2, 0) is 4.79 Å². The number of hydrogen-bond donors (Lipinski definition) is 0. The highest BCUT2D eigenvalue weighted by Gasteiger charge is 2.34. The molecule has 0 aromatic heterocycles. The fraction of sp³-hybridized carbons (Fsp3) is 0.417. The molecular weight excluding hydrogens is 398 g/mol. The Morgan fingerprint density at radius 1 is 1.13 bits per heavy atom. The van der Waals surface area contributed by atoms with Crippen molar-refractivity contribution in [2.75, 3.05) is 26.7 Å². The van der Waals surface area contributed by atoms with Crippen LogP contribution in [0.2, 0.25) is 5.02 Å². The maximum atomic E-state index is 13.3. The van der Waals surface area contributed by atoms with Crippen LogP contribution in [0.1, 0.15) is 43.4 Å². The summed E-state index contributed by atoms with van der Waals surface area (Å²) in [4.78, 5) is 15.5. The zero-order chi connectivity index (χ0) is 21.1. The van der Waals surface area contributed by atoms with Gasteiger partial charge in [-0.1, -0.05) is 48.9 Å². The van der Waals surface area contributed by atoms with Crippen LogP contribution >= 0.6 is 11.6 Å². The first-order valence-electron chi connectivity index (χ1n) is 10.6. The van der Waals surface area contributed by atoms with E-state index in [2.05, 4.69) is 11.8 Å². The number of methoxy groups -OCH3 is 1. The van der Waals surface area contributed by atoms with E-state index < -0.39 is 0 Å². The van der Waals surface area contributed by atoms with Crippen molar-refractivity contribution >= 4 is 23.2 Å². The van der Waals surface area contributed by atoms with Gasteiger partial charge in [0.05, 0.1) is 25.4 Å². The number of piperidine rings is 1. The lowest BCUT2D eigenvalue weighted by molar-refractivity contribution is -0.134. The minimum absolute atomic E-state index is 0.0347. The summed E-state index contributed by atoms with van der Waals surface area (Å²) in [5.41, 5.74) is 2.78. The minimum Gasteiger partial charge on any atom is -0.497 e. The number of hydrazone groups is 1. The van der Waals surface area contributed by atoms with E-state index in [1.54, 1.807) is 12.1 Å². The number of nitrogens with zero attached hydrogens (tertiary/aromatic N) is 3. The Kier molecular flexibility index (Phi) is 6.40. The molecule has 1 saturated heterocycles. The molecule has 0 aliphatic carbocycles. The number of halogens is 1. The Morgan fingerprint density at radius 2 is 1.83 bits per heavy atom. The van der Waals surface area contributed by atoms with Gasteiger partial charge in [0, 0.05) is 17.0 Å². The number of benzene rings is 2. The molecule has 0 unspecified atom stereocenters. The second-order valence-electron chi connectivity index (χ2n) is 8.22. The van der Waals surface area contributed by atoms with Gasteiger partial charge >= 0.3 is 0 Å². The molecule has 30 heavy (non-hydrogen) atoms. The number of ether oxygens (including phenoxy) is 1. The molecule has 6 heteroatoms. The topological polar surface area (TPSA) is 45.1 Å². The van der Waals surface area contributed by atoms with E-state index in [4.69, 9.17) is 21.4 Å². The zero-order valence-corrected chi connectivity index (χ0v) is 18.3. The first-order valence-corrected chi connectivity index (χ1v) is 10.9. The quantitative estimate of drug-likeness (QED) is 0.693. The number of likely N-dealkylation sites (tertiary alicyclic amines) is 1. The number of carbonyl (C=O) groups is 1. The van der Waals surface area contributed by atoms with Crippen LogP contribution in [-0.4, -0.2) is 48.3 Å². The Morgan fingerprint density at radius 3 is 2.50 bits per heavy atom. The summed E-state index contributed by atoms with van der Waals surface area (Å²) in [5.74, 6) is 1.57. The van der Waals surface area contributed by atoms with E-state index >= 15 is 0 Å². The number of hydrogen-bond acceptors (Lipinski definition) is 4. The maximum absolute atomic E-state index is 13.3. The summed E-state index contributed by atoms with van der Waals surface area (Å²) < 4.78 is 5.29. The lowest BCUT2D eigenvalue weighted by Gasteiger charge is -2.31. The van der Waals surface area contributed by atoms with Gasteiger partial charge in [-0.15, -0.1) is 0 Å². The molecule has 0 spiro atoms. The van der Waals surface area contributed by atoms with E-state index in [0.29, 0.717) is 18.0 Å². The Hall–Kier alpha value is -2.37. The van der Waals surface area contributed by atoms with Crippen molar-refractivity contribution in [3.05, 3.63) is 64.7 Å². The van der Waals surface area contributed by atoms with E-state index in [9.17, 15) is 4.79 Å². The highest BCUT2D eigenvalue weighted by Crippen LogP contribution is 2.35. The summed E-state index contributed by atoms with van der Waals surface area (Å²) in [5, 5.41) is 7.08. The molecule has 1 atom stereocenters. The maximum Gasteiger partial charge on any atom is 0.257 e. The molecule has 2 aliphatic heterocycles. The molecule has 1 fully saturated rings. The highest BCUT2D eigenvalue weighted by atomic mass is 35.5. The predicted octanol–water partition coefficient (Wildman–Crippen LogP) is 4.76. The van der Waals surface area contributed by atoms with Crippen molar-refractivity contribution in [1.29, 1.82) is 0 Å². The van der Waals surface area contributed by atoms with Gasteiger partial charge in [0.15, 0.2) is 0 Å². The van der Waals surface area contributed by atoms with Gasteiger partial charge in [-0.25, -0.2) is 5.01 Å². The average Bonchev–Trinajstić information content (AvgIpc) is 3.21. The van der Waals surface area contributed by atoms with Crippen molar-refractivity contribution in [1.82, 2.24) is 9.91 Å². The average molecular weight is 426 g/mol. The van der Waals surface area contributed by atoms with Crippen molar-refractivity contribution in [2.45, 2.75) is 32.2 Å². The van der Waals surface area contributed by atoms with E-state index in [1.807, 2.05) is 48.5 Å². The molecule has 2 aromatic carbocycles. The van der Waals surface area contributed by atoms with Crippen molar-refractivity contribution in [3.8, 4) is 5.75 Å². The van der Waals surface area contributed by atoms with Gasteiger partial charge < -0.3 is 4.74 Å². The monoisotopic (exact) mass is 425 g/mol. The molecular formula is C24H28ClN3O2. The van der Waals surface area contributed by atoms with Crippen LogP contribution < -0.4 is 4.74 Å². The van der Waals surface area contributed by atoms with Crippen LogP contribution in [0.15, 0.2) is 53.6 Å². The lowest BCUT2D eigenvalue weighted by Crippen LogP contribution is -2.41. The third kappa shape index (κ3) is 4.52. The Bertz CT molecular complexity index is 920.